The summed E-state index contributed by atoms with van der Waals surface area (Å²) in [7, 11) is 0. The van der Waals surface area contributed by atoms with Crippen LogP contribution in [0.2, 0.25) is 0 Å². The quantitative estimate of drug-likeness (QED) is 0.836. The normalized spacial score (nSPS) is 18.0. The van der Waals surface area contributed by atoms with E-state index >= 15 is 0 Å². The topological polar surface area (TPSA) is 91.3 Å². The maximum absolute atomic E-state index is 13.5. The fraction of sp³-hybridized carbons (Fsp3) is 0.545. The maximum atomic E-state index is 13.5. The van der Waals surface area contributed by atoms with Gasteiger partial charge in [0.25, 0.3) is 11.5 Å². The molecular formula is C22H27N5O3. The van der Waals surface area contributed by atoms with Crippen LogP contribution in [0.4, 0.5) is 0 Å². The molecule has 0 aromatic carbocycles. The van der Waals surface area contributed by atoms with Crippen LogP contribution in [0.1, 0.15) is 71.9 Å². The van der Waals surface area contributed by atoms with Gasteiger partial charge in [0.15, 0.2) is 0 Å². The van der Waals surface area contributed by atoms with Crippen LogP contribution in [-0.4, -0.2) is 42.9 Å². The zero-order valence-corrected chi connectivity index (χ0v) is 17.5. The van der Waals surface area contributed by atoms with Crippen molar-refractivity contribution in [1.29, 1.82) is 0 Å². The van der Waals surface area contributed by atoms with Crippen LogP contribution in [0.25, 0.3) is 0 Å². The molecule has 8 nitrogen and oxygen atoms in total. The first-order valence-electron chi connectivity index (χ1n) is 10.8. The number of H-pyrrole nitrogens is 1. The number of hydrogen-bond donors (Lipinski definition) is 1. The van der Waals surface area contributed by atoms with E-state index in [1.807, 2.05) is 24.9 Å². The summed E-state index contributed by atoms with van der Waals surface area (Å²) < 4.78 is 1.74. The van der Waals surface area contributed by atoms with Crippen molar-refractivity contribution in [2.24, 2.45) is 5.92 Å². The highest BCUT2D eigenvalue weighted by Gasteiger charge is 2.35. The summed E-state index contributed by atoms with van der Waals surface area (Å²) in [4.78, 5) is 43.0. The Balaban J connectivity index is 1.50. The van der Waals surface area contributed by atoms with Crippen molar-refractivity contribution in [1.82, 2.24) is 24.6 Å². The maximum Gasteiger partial charge on any atom is 0.263 e. The third-order valence-electron chi connectivity index (χ3n) is 6.32. The Morgan fingerprint density at radius 2 is 1.93 bits per heavy atom. The van der Waals surface area contributed by atoms with Crippen molar-refractivity contribution >= 4 is 11.8 Å². The number of fused-ring (bicyclic) bond motifs is 2. The molecule has 0 atom stereocenters. The lowest BCUT2D eigenvalue weighted by Crippen LogP contribution is -2.41. The van der Waals surface area contributed by atoms with E-state index in [9.17, 15) is 14.4 Å². The molecule has 1 N–H and O–H groups in total. The molecule has 30 heavy (non-hydrogen) atoms. The summed E-state index contributed by atoms with van der Waals surface area (Å²) in [5, 5.41) is 6.96. The molecule has 5 rings (SSSR count). The predicted molar refractivity (Wildman–Crippen MR) is 110 cm³/mol. The van der Waals surface area contributed by atoms with E-state index in [0.29, 0.717) is 50.5 Å². The van der Waals surface area contributed by atoms with Gasteiger partial charge in [0.2, 0.25) is 5.91 Å². The van der Waals surface area contributed by atoms with Gasteiger partial charge < -0.3 is 14.4 Å². The number of nitrogens with zero attached hydrogens (tertiary/aromatic N) is 4. The first-order chi connectivity index (χ1) is 14.4. The molecule has 0 radical (unpaired) electrons. The lowest BCUT2D eigenvalue weighted by Gasteiger charge is -2.31. The number of nitrogens with one attached hydrogen (secondary N) is 1. The summed E-state index contributed by atoms with van der Waals surface area (Å²) in [6.45, 7) is 6.01. The molecule has 1 saturated carbocycles. The number of pyridine rings is 1. The van der Waals surface area contributed by atoms with Gasteiger partial charge in [0, 0.05) is 43.9 Å². The van der Waals surface area contributed by atoms with E-state index < -0.39 is 0 Å². The number of aromatic amines is 1. The van der Waals surface area contributed by atoms with Gasteiger partial charge in [-0.05, 0) is 36.3 Å². The summed E-state index contributed by atoms with van der Waals surface area (Å²) in [6, 6.07) is 0.173. The molecule has 158 valence electrons. The zero-order chi connectivity index (χ0) is 21.0. The smallest absolute Gasteiger partial charge is 0.263 e. The molecule has 4 heterocycles. The Kier molecular flexibility index (Phi) is 4.52. The fourth-order valence-electron chi connectivity index (χ4n) is 4.58. The van der Waals surface area contributed by atoms with E-state index in [4.69, 9.17) is 0 Å². The van der Waals surface area contributed by atoms with Gasteiger partial charge in [0.1, 0.15) is 5.56 Å². The molecular weight excluding hydrogens is 382 g/mol. The Morgan fingerprint density at radius 1 is 1.17 bits per heavy atom. The minimum atomic E-state index is -0.210. The van der Waals surface area contributed by atoms with Crippen LogP contribution in [0.15, 0.2) is 17.2 Å². The fourth-order valence-corrected chi connectivity index (χ4v) is 4.58. The zero-order valence-electron chi connectivity index (χ0n) is 17.5. The minimum absolute atomic E-state index is 0.137. The molecule has 0 saturated heterocycles. The first kappa shape index (κ1) is 19.1. The van der Waals surface area contributed by atoms with Crippen LogP contribution in [0, 0.1) is 5.92 Å². The lowest BCUT2D eigenvalue weighted by atomic mass is 9.95. The highest BCUT2D eigenvalue weighted by Crippen LogP contribution is 2.35. The second-order valence-electron chi connectivity index (χ2n) is 9.15. The molecule has 0 unspecified atom stereocenters. The van der Waals surface area contributed by atoms with E-state index in [0.717, 1.165) is 35.2 Å². The number of carbonyl (C=O) groups excluding carboxylic acids is 2. The SMILES string of the molecule is CC(C)CC(=O)N1CCc2c(cn(C3CC3)c(=O)c2C(=O)N2Cc3cn[nH]c3C2)C1. The number of aromatic nitrogens is 3. The van der Waals surface area contributed by atoms with Crippen LogP contribution in [-0.2, 0) is 30.8 Å². The van der Waals surface area contributed by atoms with Gasteiger partial charge in [-0.15, -0.1) is 0 Å². The van der Waals surface area contributed by atoms with Crippen molar-refractivity contribution in [2.75, 3.05) is 6.54 Å². The molecule has 2 aromatic rings. The van der Waals surface area contributed by atoms with Gasteiger partial charge in [0.05, 0.1) is 18.4 Å². The monoisotopic (exact) mass is 409 g/mol. The van der Waals surface area contributed by atoms with Crippen LogP contribution in [0.3, 0.4) is 0 Å². The van der Waals surface area contributed by atoms with Crippen LogP contribution >= 0.6 is 0 Å². The minimum Gasteiger partial charge on any atom is -0.338 e. The summed E-state index contributed by atoms with van der Waals surface area (Å²) >= 11 is 0. The van der Waals surface area contributed by atoms with Crippen LogP contribution < -0.4 is 5.56 Å². The summed E-state index contributed by atoms with van der Waals surface area (Å²) in [5.74, 6) is 0.231. The molecule has 1 aliphatic carbocycles. The van der Waals surface area contributed by atoms with Gasteiger partial charge in [-0.2, -0.15) is 5.10 Å². The second-order valence-corrected chi connectivity index (χ2v) is 9.15. The highest BCUT2D eigenvalue weighted by molar-refractivity contribution is 5.96. The lowest BCUT2D eigenvalue weighted by molar-refractivity contribution is -0.132. The van der Waals surface area contributed by atoms with Crippen molar-refractivity contribution in [3.8, 4) is 0 Å². The van der Waals surface area contributed by atoms with E-state index in [-0.39, 0.29) is 23.4 Å². The third kappa shape index (κ3) is 3.24. The first-order valence-corrected chi connectivity index (χ1v) is 10.8. The summed E-state index contributed by atoms with van der Waals surface area (Å²) in [5.41, 5.74) is 3.81. The molecule has 2 amide bonds. The van der Waals surface area contributed by atoms with Crippen molar-refractivity contribution in [3.63, 3.8) is 0 Å². The van der Waals surface area contributed by atoms with E-state index in [2.05, 4.69) is 10.2 Å². The molecule has 1 fully saturated rings. The molecule has 0 bridgehead atoms. The molecule has 3 aliphatic rings. The van der Waals surface area contributed by atoms with Gasteiger partial charge in [-0.1, -0.05) is 13.8 Å². The van der Waals surface area contributed by atoms with Crippen molar-refractivity contribution in [2.45, 2.75) is 65.2 Å². The Hall–Kier alpha value is -2.90. The third-order valence-corrected chi connectivity index (χ3v) is 6.32. The Bertz CT molecular complexity index is 1060. The molecule has 2 aliphatic heterocycles. The molecule has 8 heteroatoms. The molecule has 2 aromatic heterocycles. The van der Waals surface area contributed by atoms with Crippen molar-refractivity contribution in [3.05, 3.63) is 50.7 Å². The van der Waals surface area contributed by atoms with Gasteiger partial charge in [-0.25, -0.2) is 0 Å². The highest BCUT2D eigenvalue weighted by atomic mass is 16.2. The Morgan fingerprint density at radius 3 is 2.63 bits per heavy atom. The molecule has 0 spiro atoms. The number of rotatable bonds is 4. The second kappa shape index (κ2) is 7.11. The number of carbonyl (C=O) groups is 2. The number of hydrogen-bond acceptors (Lipinski definition) is 4. The number of amides is 2. The Labute approximate surface area is 174 Å². The standard InChI is InChI=1S/C22H27N5O3/c1-13(2)7-19(28)25-6-5-17-15(10-25)11-27(16-3-4-16)22(30)20(17)21(29)26-9-14-8-23-24-18(14)12-26/h8,11,13,16H,3-7,9-10,12H2,1-2H3,(H,23,24). The average Bonchev–Trinajstić information content (AvgIpc) is 3.31. The largest absolute Gasteiger partial charge is 0.338 e. The summed E-state index contributed by atoms with van der Waals surface area (Å²) in [6.07, 6.45) is 6.62. The van der Waals surface area contributed by atoms with Gasteiger partial charge >= 0.3 is 0 Å². The van der Waals surface area contributed by atoms with E-state index in [1.54, 1.807) is 15.7 Å². The van der Waals surface area contributed by atoms with Crippen LogP contribution in [0.5, 0.6) is 0 Å². The average molecular weight is 409 g/mol. The van der Waals surface area contributed by atoms with Gasteiger partial charge in [-0.3, -0.25) is 19.5 Å². The van der Waals surface area contributed by atoms with Crippen molar-refractivity contribution < 1.29 is 9.59 Å². The van der Waals surface area contributed by atoms with E-state index in [1.165, 1.54) is 0 Å². The predicted octanol–water partition coefficient (Wildman–Crippen LogP) is 1.99.